The molecule has 1 N–H and O–H groups in total. The minimum atomic E-state index is -4.00. The first-order valence-corrected chi connectivity index (χ1v) is 9.63. The van der Waals surface area contributed by atoms with Gasteiger partial charge in [0.25, 0.3) is 0 Å². The summed E-state index contributed by atoms with van der Waals surface area (Å²) >= 11 is 6.13. The van der Waals surface area contributed by atoms with Crippen LogP contribution >= 0.6 is 11.6 Å². The number of alkyl halides is 3. The zero-order chi connectivity index (χ0) is 21.4. The molecule has 2 aromatic carbocycles. The van der Waals surface area contributed by atoms with Gasteiger partial charge in [-0.15, -0.1) is 0 Å². The van der Waals surface area contributed by atoms with E-state index in [4.69, 9.17) is 16.0 Å². The first-order valence-electron chi connectivity index (χ1n) is 9.26. The molecule has 0 spiro atoms. The molecule has 2 aromatic heterocycles. The molecule has 0 radical (unpaired) electrons. The molecule has 154 valence electrons. The minimum Gasteiger partial charge on any atom is -0.469 e. The van der Waals surface area contributed by atoms with Gasteiger partial charge in [0.2, 0.25) is 0 Å². The van der Waals surface area contributed by atoms with Crippen LogP contribution in [0.15, 0.2) is 71.3 Å². The molecule has 2 nitrogen and oxygen atoms in total. The Balaban J connectivity index is 0.000000378. The summed E-state index contributed by atoms with van der Waals surface area (Å²) in [7, 11) is 0. The summed E-state index contributed by atoms with van der Waals surface area (Å²) in [6, 6.07) is 20.2. The quantitative estimate of drug-likeness (QED) is 0.354. The maximum Gasteiger partial charge on any atom is 0.386 e. The number of halogens is 4. The number of fused-ring (bicyclic) bond motifs is 1. The lowest BCUT2D eigenvalue weighted by molar-refractivity contribution is -0.110. The molecule has 0 aliphatic heterocycles. The zero-order valence-corrected chi connectivity index (χ0v) is 17.2. The van der Waals surface area contributed by atoms with E-state index in [2.05, 4.69) is 23.2 Å². The third kappa shape index (κ3) is 6.71. The van der Waals surface area contributed by atoms with Gasteiger partial charge in [-0.05, 0) is 35.4 Å². The third-order valence-corrected chi connectivity index (χ3v) is 4.10. The van der Waals surface area contributed by atoms with Crippen LogP contribution in [-0.2, 0) is 6.42 Å². The Bertz CT molecular complexity index is 1000. The van der Waals surface area contributed by atoms with Gasteiger partial charge in [0.1, 0.15) is 5.76 Å². The third-order valence-electron chi connectivity index (χ3n) is 3.86. The highest BCUT2D eigenvalue weighted by Gasteiger charge is 2.16. The highest BCUT2D eigenvalue weighted by atomic mass is 35.5. The summed E-state index contributed by atoms with van der Waals surface area (Å²) in [6.07, 6.45) is -1.54. The standard InChI is InChI=1S/C19H14ClNO.C2H3F3.C2H6/c20-14-8-9-16-17(12-15-7-4-10-22-15)19(21-18(16)11-14)13-5-2-1-3-6-13;1-2(3,4)5;1-2/h1-11,21H,12H2;1H3;1-2H3. The molecule has 0 unspecified atom stereocenters. The van der Waals surface area contributed by atoms with Crippen LogP contribution in [0.2, 0.25) is 5.02 Å². The van der Waals surface area contributed by atoms with E-state index in [1.807, 2.05) is 56.3 Å². The lowest BCUT2D eigenvalue weighted by atomic mass is 10.0. The van der Waals surface area contributed by atoms with E-state index in [0.717, 1.165) is 34.0 Å². The molecule has 2 heterocycles. The van der Waals surface area contributed by atoms with Crippen molar-refractivity contribution < 1.29 is 17.6 Å². The molecule has 29 heavy (non-hydrogen) atoms. The largest absolute Gasteiger partial charge is 0.469 e. The van der Waals surface area contributed by atoms with Crippen LogP contribution < -0.4 is 0 Å². The molecule has 6 heteroatoms. The fourth-order valence-corrected chi connectivity index (χ4v) is 3.02. The number of hydrogen-bond donors (Lipinski definition) is 1. The van der Waals surface area contributed by atoms with Crippen molar-refractivity contribution in [3.63, 3.8) is 0 Å². The van der Waals surface area contributed by atoms with Crippen molar-refractivity contribution in [2.45, 2.75) is 33.4 Å². The van der Waals surface area contributed by atoms with Gasteiger partial charge in [0.05, 0.1) is 12.0 Å². The molecule has 0 amide bonds. The first kappa shape index (κ1) is 22.6. The summed E-state index contributed by atoms with van der Waals surface area (Å²) in [5.74, 6) is 0.952. The van der Waals surface area contributed by atoms with Crippen molar-refractivity contribution in [1.82, 2.24) is 4.98 Å². The molecule has 0 aliphatic carbocycles. The number of aromatic nitrogens is 1. The molecular formula is C23H23ClF3NO. The van der Waals surface area contributed by atoms with E-state index in [-0.39, 0.29) is 6.92 Å². The summed E-state index contributed by atoms with van der Waals surface area (Å²) in [5.41, 5.74) is 4.56. The van der Waals surface area contributed by atoms with Crippen molar-refractivity contribution in [2.24, 2.45) is 0 Å². The second-order valence-electron chi connectivity index (χ2n) is 6.07. The SMILES string of the molecule is CC.CC(F)(F)F.Clc1ccc2c(Cc3ccco3)c(-c3ccccc3)[nH]c2c1. The number of nitrogens with one attached hydrogen (secondary N) is 1. The van der Waals surface area contributed by atoms with Gasteiger partial charge < -0.3 is 9.40 Å². The molecule has 4 aromatic rings. The normalized spacial score (nSPS) is 10.7. The van der Waals surface area contributed by atoms with Crippen molar-refractivity contribution in [1.29, 1.82) is 0 Å². The van der Waals surface area contributed by atoms with Crippen LogP contribution in [0.25, 0.3) is 22.2 Å². The van der Waals surface area contributed by atoms with E-state index in [9.17, 15) is 13.2 Å². The molecule has 0 bridgehead atoms. The Morgan fingerprint density at radius 2 is 1.62 bits per heavy atom. The van der Waals surface area contributed by atoms with Crippen molar-refractivity contribution in [2.75, 3.05) is 0 Å². The smallest absolute Gasteiger partial charge is 0.386 e. The topological polar surface area (TPSA) is 28.9 Å². The lowest BCUT2D eigenvalue weighted by Crippen LogP contribution is -1.95. The first-order chi connectivity index (χ1) is 13.8. The predicted molar refractivity (Wildman–Crippen MR) is 113 cm³/mol. The molecule has 4 rings (SSSR count). The fraction of sp³-hybridized carbons (Fsp3) is 0.217. The van der Waals surface area contributed by atoms with Crippen LogP contribution in [0, 0.1) is 0 Å². The Morgan fingerprint density at radius 3 is 2.21 bits per heavy atom. The van der Waals surface area contributed by atoms with Crippen LogP contribution in [-0.4, -0.2) is 11.2 Å². The van der Waals surface area contributed by atoms with E-state index in [0.29, 0.717) is 0 Å². The maximum atomic E-state index is 10.4. The van der Waals surface area contributed by atoms with Gasteiger partial charge >= 0.3 is 6.18 Å². The summed E-state index contributed by atoms with van der Waals surface area (Å²) in [6.45, 7) is 4.19. The Labute approximate surface area is 173 Å². The molecule has 0 fully saturated rings. The predicted octanol–water partition coefficient (Wildman–Crippen LogP) is 8.27. The van der Waals surface area contributed by atoms with Crippen molar-refractivity contribution in [3.8, 4) is 11.3 Å². The summed E-state index contributed by atoms with van der Waals surface area (Å²) in [5, 5.41) is 1.91. The second kappa shape index (κ2) is 10.2. The monoisotopic (exact) mass is 421 g/mol. The average Bonchev–Trinajstić information content (AvgIpc) is 3.31. The van der Waals surface area contributed by atoms with Crippen molar-refractivity contribution in [3.05, 3.63) is 83.3 Å². The van der Waals surface area contributed by atoms with Gasteiger partial charge in [-0.25, -0.2) is 0 Å². The highest BCUT2D eigenvalue weighted by Crippen LogP contribution is 2.33. The number of rotatable bonds is 3. The number of H-pyrrole nitrogens is 1. The maximum absolute atomic E-state index is 10.4. The summed E-state index contributed by atoms with van der Waals surface area (Å²) in [4.78, 5) is 3.51. The van der Waals surface area contributed by atoms with Gasteiger partial charge in [0, 0.05) is 29.3 Å². The fourth-order valence-electron chi connectivity index (χ4n) is 2.85. The van der Waals surface area contributed by atoms with E-state index < -0.39 is 6.18 Å². The number of aromatic amines is 1. The second-order valence-corrected chi connectivity index (χ2v) is 6.51. The van der Waals surface area contributed by atoms with Gasteiger partial charge in [-0.2, -0.15) is 13.2 Å². The zero-order valence-electron chi connectivity index (χ0n) is 16.5. The molecular weight excluding hydrogens is 399 g/mol. The van der Waals surface area contributed by atoms with Crippen molar-refractivity contribution >= 4 is 22.5 Å². The van der Waals surface area contributed by atoms with Gasteiger partial charge in [0.15, 0.2) is 0 Å². The van der Waals surface area contributed by atoms with E-state index in [1.165, 1.54) is 10.9 Å². The van der Waals surface area contributed by atoms with Gasteiger partial charge in [-0.1, -0.05) is 61.8 Å². The molecule has 0 saturated carbocycles. The Morgan fingerprint density at radius 1 is 0.966 bits per heavy atom. The minimum absolute atomic E-state index is 0.188. The Hall–Kier alpha value is -2.66. The number of benzene rings is 2. The highest BCUT2D eigenvalue weighted by molar-refractivity contribution is 6.31. The number of hydrogen-bond acceptors (Lipinski definition) is 1. The van der Waals surface area contributed by atoms with Crippen LogP contribution in [0.3, 0.4) is 0 Å². The van der Waals surface area contributed by atoms with Crippen LogP contribution in [0.1, 0.15) is 32.1 Å². The van der Waals surface area contributed by atoms with Crippen LogP contribution in [0.4, 0.5) is 13.2 Å². The molecule has 0 atom stereocenters. The number of furan rings is 1. The molecule has 0 saturated heterocycles. The van der Waals surface area contributed by atoms with E-state index >= 15 is 0 Å². The Kier molecular flexibility index (Phi) is 7.97. The lowest BCUT2D eigenvalue weighted by Gasteiger charge is -2.04. The average molecular weight is 422 g/mol. The van der Waals surface area contributed by atoms with Gasteiger partial charge in [-0.3, -0.25) is 0 Å². The molecule has 0 aliphatic rings. The summed E-state index contributed by atoms with van der Waals surface area (Å²) < 4.78 is 36.6. The van der Waals surface area contributed by atoms with E-state index in [1.54, 1.807) is 6.26 Å². The van der Waals surface area contributed by atoms with Crippen LogP contribution in [0.5, 0.6) is 0 Å².